The van der Waals surface area contributed by atoms with E-state index in [1.807, 2.05) is 0 Å². The van der Waals surface area contributed by atoms with Crippen molar-refractivity contribution >= 4 is 8.32 Å². The second-order valence-electron chi connectivity index (χ2n) is 5.82. The van der Waals surface area contributed by atoms with Crippen LogP contribution in [0.4, 0.5) is 0 Å². The van der Waals surface area contributed by atoms with E-state index in [0.717, 1.165) is 6.42 Å². The fourth-order valence-corrected chi connectivity index (χ4v) is 3.22. The summed E-state index contributed by atoms with van der Waals surface area (Å²) in [6, 6.07) is 21.1. The van der Waals surface area contributed by atoms with Gasteiger partial charge in [0.2, 0.25) is 0 Å². The van der Waals surface area contributed by atoms with E-state index in [-0.39, 0.29) is 6.10 Å². The predicted molar refractivity (Wildman–Crippen MR) is 83.8 cm³/mol. The van der Waals surface area contributed by atoms with Gasteiger partial charge in [0.1, 0.15) is 0 Å². The first kappa shape index (κ1) is 14.0. The molecule has 0 bridgehead atoms. The monoisotopic (exact) mass is 270 g/mol. The molecule has 0 amide bonds. The van der Waals surface area contributed by atoms with Gasteiger partial charge in [-0.1, -0.05) is 60.7 Å². The molecule has 2 aromatic rings. The lowest BCUT2D eigenvalue weighted by atomic mass is 10.0. The van der Waals surface area contributed by atoms with Gasteiger partial charge in [0, 0.05) is 6.42 Å². The number of hydrogen-bond acceptors (Lipinski definition) is 1. The van der Waals surface area contributed by atoms with Gasteiger partial charge in [-0.05, 0) is 30.8 Å². The Morgan fingerprint density at radius 1 is 0.842 bits per heavy atom. The Morgan fingerprint density at radius 3 is 1.89 bits per heavy atom. The van der Waals surface area contributed by atoms with Gasteiger partial charge in [-0.15, -0.1) is 0 Å². The standard InChI is InChI=1S/C17H22OSi/c1-19(2,3)18-17(16-12-8-5-9-13-16)14-15-10-6-4-7-11-15/h4-13,17H,14H2,1-3H3. The Hall–Kier alpha value is -1.38. The van der Waals surface area contributed by atoms with Crippen LogP contribution in [-0.2, 0) is 10.8 Å². The predicted octanol–water partition coefficient (Wildman–Crippen LogP) is 4.82. The molecule has 1 atom stereocenters. The highest BCUT2D eigenvalue weighted by Crippen LogP contribution is 2.26. The average Bonchev–Trinajstić information content (AvgIpc) is 2.39. The summed E-state index contributed by atoms with van der Waals surface area (Å²) >= 11 is 0. The fraction of sp³-hybridized carbons (Fsp3) is 0.294. The molecule has 0 heterocycles. The maximum absolute atomic E-state index is 6.37. The molecule has 0 saturated heterocycles. The van der Waals surface area contributed by atoms with E-state index >= 15 is 0 Å². The van der Waals surface area contributed by atoms with Crippen LogP contribution in [0.25, 0.3) is 0 Å². The van der Waals surface area contributed by atoms with Crippen molar-refractivity contribution < 1.29 is 4.43 Å². The molecule has 0 fully saturated rings. The molecule has 1 unspecified atom stereocenters. The molecule has 1 nitrogen and oxygen atoms in total. The third-order valence-corrected chi connectivity index (χ3v) is 3.92. The molecular weight excluding hydrogens is 248 g/mol. The van der Waals surface area contributed by atoms with Gasteiger partial charge in [0.05, 0.1) is 6.10 Å². The summed E-state index contributed by atoms with van der Waals surface area (Å²) in [5, 5.41) is 0. The number of hydrogen-bond donors (Lipinski definition) is 0. The average molecular weight is 270 g/mol. The Morgan fingerprint density at radius 2 is 1.37 bits per heavy atom. The maximum atomic E-state index is 6.37. The van der Waals surface area contributed by atoms with E-state index in [1.165, 1.54) is 11.1 Å². The van der Waals surface area contributed by atoms with Crippen molar-refractivity contribution in [3.63, 3.8) is 0 Å². The largest absolute Gasteiger partial charge is 0.410 e. The summed E-state index contributed by atoms with van der Waals surface area (Å²) in [4.78, 5) is 0. The molecular formula is C17H22OSi. The molecule has 0 saturated carbocycles. The van der Waals surface area contributed by atoms with Crippen LogP contribution in [0.5, 0.6) is 0 Å². The minimum Gasteiger partial charge on any atom is -0.410 e. The van der Waals surface area contributed by atoms with E-state index in [1.54, 1.807) is 0 Å². The van der Waals surface area contributed by atoms with Gasteiger partial charge in [-0.3, -0.25) is 0 Å². The van der Waals surface area contributed by atoms with E-state index < -0.39 is 8.32 Å². The van der Waals surface area contributed by atoms with Crippen LogP contribution < -0.4 is 0 Å². The third-order valence-electron chi connectivity index (χ3n) is 2.93. The third kappa shape index (κ3) is 4.65. The zero-order valence-corrected chi connectivity index (χ0v) is 13.0. The Bertz CT molecular complexity index is 488. The zero-order chi connectivity index (χ0) is 13.7. The normalized spacial score (nSPS) is 13.2. The molecule has 0 N–H and O–H groups in total. The molecule has 0 aliphatic carbocycles. The summed E-state index contributed by atoms with van der Waals surface area (Å²) in [5.74, 6) is 0. The second kappa shape index (κ2) is 6.18. The van der Waals surface area contributed by atoms with Crippen molar-refractivity contribution in [3.05, 3.63) is 71.8 Å². The van der Waals surface area contributed by atoms with Crippen LogP contribution in [0.15, 0.2) is 60.7 Å². The molecule has 0 aliphatic rings. The van der Waals surface area contributed by atoms with Gasteiger partial charge in [0.25, 0.3) is 0 Å². The van der Waals surface area contributed by atoms with Crippen LogP contribution in [-0.4, -0.2) is 8.32 Å². The van der Waals surface area contributed by atoms with Gasteiger partial charge in [-0.25, -0.2) is 0 Å². The lowest BCUT2D eigenvalue weighted by Crippen LogP contribution is -2.28. The van der Waals surface area contributed by atoms with E-state index in [2.05, 4.69) is 80.3 Å². The highest BCUT2D eigenvalue weighted by atomic mass is 28.4. The van der Waals surface area contributed by atoms with Crippen molar-refractivity contribution in [2.24, 2.45) is 0 Å². The van der Waals surface area contributed by atoms with Crippen molar-refractivity contribution in [3.8, 4) is 0 Å². The van der Waals surface area contributed by atoms with Gasteiger partial charge >= 0.3 is 0 Å². The Labute approximate surface area is 117 Å². The Kier molecular flexibility index (Phi) is 4.56. The first-order chi connectivity index (χ1) is 9.04. The smallest absolute Gasteiger partial charge is 0.184 e. The molecule has 0 aliphatic heterocycles. The van der Waals surface area contributed by atoms with Crippen molar-refractivity contribution in [1.29, 1.82) is 0 Å². The SMILES string of the molecule is C[Si](C)(C)OC(Cc1ccccc1)c1ccccc1. The molecule has 19 heavy (non-hydrogen) atoms. The topological polar surface area (TPSA) is 9.23 Å². The minimum absolute atomic E-state index is 0.162. The Balaban J connectivity index is 2.20. The molecule has 2 aromatic carbocycles. The van der Waals surface area contributed by atoms with Crippen LogP contribution in [0, 0.1) is 0 Å². The molecule has 100 valence electrons. The lowest BCUT2D eigenvalue weighted by Gasteiger charge is -2.27. The summed E-state index contributed by atoms with van der Waals surface area (Å²) in [5.41, 5.74) is 2.60. The second-order valence-corrected chi connectivity index (χ2v) is 10.3. The first-order valence-corrected chi connectivity index (χ1v) is 10.2. The van der Waals surface area contributed by atoms with E-state index in [4.69, 9.17) is 4.43 Å². The molecule has 0 spiro atoms. The molecule has 2 heteroatoms. The maximum Gasteiger partial charge on any atom is 0.184 e. The summed E-state index contributed by atoms with van der Waals surface area (Å²) in [6.45, 7) is 6.73. The van der Waals surface area contributed by atoms with E-state index in [9.17, 15) is 0 Å². The van der Waals surface area contributed by atoms with Crippen molar-refractivity contribution in [1.82, 2.24) is 0 Å². The van der Waals surface area contributed by atoms with Gasteiger partial charge in [-0.2, -0.15) is 0 Å². The summed E-state index contributed by atoms with van der Waals surface area (Å²) < 4.78 is 6.37. The lowest BCUT2D eigenvalue weighted by molar-refractivity contribution is 0.198. The quantitative estimate of drug-likeness (QED) is 0.708. The molecule has 2 rings (SSSR count). The minimum atomic E-state index is -1.56. The molecule has 0 aromatic heterocycles. The van der Waals surface area contributed by atoms with Crippen LogP contribution in [0.3, 0.4) is 0 Å². The van der Waals surface area contributed by atoms with Crippen molar-refractivity contribution in [2.75, 3.05) is 0 Å². The van der Waals surface area contributed by atoms with Crippen LogP contribution in [0.2, 0.25) is 19.6 Å². The van der Waals surface area contributed by atoms with E-state index in [0.29, 0.717) is 0 Å². The highest BCUT2D eigenvalue weighted by molar-refractivity contribution is 6.69. The highest BCUT2D eigenvalue weighted by Gasteiger charge is 2.22. The van der Waals surface area contributed by atoms with Gasteiger partial charge in [0.15, 0.2) is 8.32 Å². The molecule has 0 radical (unpaired) electrons. The summed E-state index contributed by atoms with van der Waals surface area (Å²) in [6.07, 6.45) is 1.10. The zero-order valence-electron chi connectivity index (χ0n) is 12.0. The van der Waals surface area contributed by atoms with Gasteiger partial charge < -0.3 is 4.43 Å². The fourth-order valence-electron chi connectivity index (χ4n) is 2.15. The number of benzene rings is 2. The van der Waals surface area contributed by atoms with Crippen molar-refractivity contribution in [2.45, 2.75) is 32.2 Å². The number of rotatable bonds is 5. The summed E-state index contributed by atoms with van der Waals surface area (Å²) in [7, 11) is -1.56. The van der Waals surface area contributed by atoms with Crippen LogP contribution >= 0.6 is 0 Å². The van der Waals surface area contributed by atoms with Crippen LogP contribution in [0.1, 0.15) is 17.2 Å². The first-order valence-electron chi connectivity index (χ1n) is 6.81.